The Hall–Kier alpha value is -3.36. The minimum Gasteiger partial charge on any atom is -0.454 e. The van der Waals surface area contributed by atoms with Crippen LogP contribution in [0.1, 0.15) is 16.3 Å². The Bertz CT molecular complexity index is 837. The minimum absolute atomic E-state index is 0.0427. The molecule has 0 radical (unpaired) electrons. The van der Waals surface area contributed by atoms with Crippen LogP contribution in [0.15, 0.2) is 40.8 Å². The number of nitro benzene ring substituents is 1. The summed E-state index contributed by atoms with van der Waals surface area (Å²) in [7, 11) is 0. The molecule has 1 saturated heterocycles. The standard InChI is InChI=1S/C18H19N3O6/c1-13-2-7-16(27-13)18(23)26-12-17(22)20-10-8-19(9-11-20)14-3-5-15(6-4-14)21(24)25/h2-7H,8-12H2,1H3. The van der Waals surface area contributed by atoms with E-state index in [4.69, 9.17) is 9.15 Å². The van der Waals surface area contributed by atoms with Crippen molar-refractivity contribution in [2.45, 2.75) is 6.92 Å². The maximum absolute atomic E-state index is 12.2. The predicted octanol–water partition coefficient (Wildman–Crippen LogP) is 2.00. The molecule has 1 fully saturated rings. The number of rotatable bonds is 5. The Kier molecular flexibility index (Phi) is 5.39. The smallest absolute Gasteiger partial charge is 0.374 e. The van der Waals surface area contributed by atoms with Crippen LogP contribution < -0.4 is 4.90 Å². The van der Waals surface area contributed by atoms with Crippen molar-refractivity contribution in [2.24, 2.45) is 0 Å². The summed E-state index contributed by atoms with van der Waals surface area (Å²) in [6.45, 7) is 3.52. The van der Waals surface area contributed by atoms with Crippen LogP contribution in [-0.4, -0.2) is 54.5 Å². The molecule has 27 heavy (non-hydrogen) atoms. The first-order valence-corrected chi connectivity index (χ1v) is 8.45. The van der Waals surface area contributed by atoms with E-state index in [2.05, 4.69) is 0 Å². The largest absolute Gasteiger partial charge is 0.454 e. The number of nitro groups is 1. The highest BCUT2D eigenvalue weighted by atomic mass is 16.6. The molecule has 0 atom stereocenters. The zero-order valence-electron chi connectivity index (χ0n) is 14.8. The molecule has 2 aromatic rings. The van der Waals surface area contributed by atoms with Crippen LogP contribution in [0.5, 0.6) is 0 Å². The van der Waals surface area contributed by atoms with Gasteiger partial charge in [0.25, 0.3) is 11.6 Å². The van der Waals surface area contributed by atoms with E-state index in [1.165, 1.54) is 18.2 Å². The monoisotopic (exact) mass is 373 g/mol. The van der Waals surface area contributed by atoms with Gasteiger partial charge in [0.2, 0.25) is 5.76 Å². The number of benzene rings is 1. The van der Waals surface area contributed by atoms with Crippen LogP contribution in [-0.2, 0) is 9.53 Å². The highest BCUT2D eigenvalue weighted by Gasteiger charge is 2.23. The highest BCUT2D eigenvalue weighted by Crippen LogP contribution is 2.20. The van der Waals surface area contributed by atoms with E-state index in [0.29, 0.717) is 31.9 Å². The number of carbonyl (C=O) groups is 2. The summed E-state index contributed by atoms with van der Waals surface area (Å²) in [4.78, 5) is 38.0. The lowest BCUT2D eigenvalue weighted by Crippen LogP contribution is -2.49. The first-order valence-electron chi connectivity index (χ1n) is 8.45. The quantitative estimate of drug-likeness (QED) is 0.448. The summed E-state index contributed by atoms with van der Waals surface area (Å²) in [5.74, 6) is -0.269. The zero-order chi connectivity index (χ0) is 19.4. The summed E-state index contributed by atoms with van der Waals surface area (Å²) >= 11 is 0. The molecule has 0 unspecified atom stereocenters. The second kappa shape index (κ2) is 7.90. The fourth-order valence-electron chi connectivity index (χ4n) is 2.83. The molecule has 142 valence electrons. The third kappa shape index (κ3) is 4.43. The third-order valence-corrected chi connectivity index (χ3v) is 4.33. The van der Waals surface area contributed by atoms with Gasteiger partial charge in [-0.05, 0) is 31.2 Å². The molecule has 1 aliphatic rings. The highest BCUT2D eigenvalue weighted by molar-refractivity contribution is 5.88. The fraction of sp³-hybridized carbons (Fsp3) is 0.333. The number of piperazine rings is 1. The number of nitrogens with zero attached hydrogens (tertiary/aromatic N) is 3. The number of anilines is 1. The van der Waals surface area contributed by atoms with Gasteiger partial charge in [-0.1, -0.05) is 0 Å². The average molecular weight is 373 g/mol. The predicted molar refractivity (Wildman–Crippen MR) is 95.6 cm³/mol. The van der Waals surface area contributed by atoms with Gasteiger partial charge in [-0.25, -0.2) is 4.79 Å². The number of hydrogen-bond donors (Lipinski definition) is 0. The van der Waals surface area contributed by atoms with E-state index in [-0.39, 0.29) is 24.0 Å². The van der Waals surface area contributed by atoms with Gasteiger partial charge in [0.15, 0.2) is 6.61 Å². The lowest BCUT2D eigenvalue weighted by Gasteiger charge is -2.36. The maximum atomic E-state index is 12.2. The fourth-order valence-corrected chi connectivity index (χ4v) is 2.83. The number of ether oxygens (including phenoxy) is 1. The van der Waals surface area contributed by atoms with E-state index in [9.17, 15) is 19.7 Å². The van der Waals surface area contributed by atoms with Gasteiger partial charge < -0.3 is 19.0 Å². The molecule has 0 spiro atoms. The van der Waals surface area contributed by atoms with Crippen LogP contribution in [0.4, 0.5) is 11.4 Å². The van der Waals surface area contributed by atoms with Crippen molar-refractivity contribution < 1.29 is 23.7 Å². The van der Waals surface area contributed by atoms with Crippen molar-refractivity contribution in [3.8, 4) is 0 Å². The van der Waals surface area contributed by atoms with E-state index in [1.54, 1.807) is 30.0 Å². The molecule has 0 aliphatic carbocycles. The summed E-state index contributed by atoms with van der Waals surface area (Å²) in [5, 5.41) is 10.7. The zero-order valence-corrected chi connectivity index (χ0v) is 14.8. The number of esters is 1. The normalized spacial score (nSPS) is 14.1. The molecule has 1 aromatic carbocycles. The molecule has 9 nitrogen and oxygen atoms in total. The molecular weight excluding hydrogens is 354 g/mol. The van der Waals surface area contributed by atoms with Crippen molar-refractivity contribution in [1.29, 1.82) is 0 Å². The number of aryl methyl sites for hydroxylation is 1. The molecule has 0 bridgehead atoms. The van der Waals surface area contributed by atoms with Gasteiger partial charge >= 0.3 is 5.97 Å². The molecule has 1 aromatic heterocycles. The Morgan fingerprint density at radius 2 is 1.78 bits per heavy atom. The van der Waals surface area contributed by atoms with Crippen molar-refractivity contribution >= 4 is 23.3 Å². The number of amides is 1. The van der Waals surface area contributed by atoms with Gasteiger partial charge in [0.1, 0.15) is 5.76 Å². The molecule has 3 rings (SSSR count). The van der Waals surface area contributed by atoms with E-state index in [0.717, 1.165) is 5.69 Å². The minimum atomic E-state index is -0.666. The lowest BCUT2D eigenvalue weighted by atomic mass is 10.2. The van der Waals surface area contributed by atoms with Gasteiger partial charge in [0, 0.05) is 44.0 Å². The molecule has 1 amide bonds. The van der Waals surface area contributed by atoms with E-state index < -0.39 is 10.9 Å². The van der Waals surface area contributed by atoms with E-state index in [1.807, 2.05) is 4.90 Å². The van der Waals surface area contributed by atoms with Crippen molar-refractivity contribution in [3.05, 3.63) is 58.0 Å². The Morgan fingerprint density at radius 3 is 2.33 bits per heavy atom. The molecule has 2 heterocycles. The first kappa shape index (κ1) is 18.4. The Labute approximate surface area is 155 Å². The summed E-state index contributed by atoms with van der Waals surface area (Å²) in [6, 6.07) is 9.47. The first-order chi connectivity index (χ1) is 12.9. The maximum Gasteiger partial charge on any atom is 0.374 e. The summed E-state index contributed by atoms with van der Waals surface area (Å²) in [5.41, 5.74) is 0.911. The number of hydrogen-bond acceptors (Lipinski definition) is 7. The number of furan rings is 1. The average Bonchev–Trinajstić information content (AvgIpc) is 3.12. The molecular formula is C18H19N3O6. The molecule has 0 saturated carbocycles. The van der Waals surface area contributed by atoms with Crippen LogP contribution in [0.2, 0.25) is 0 Å². The molecule has 9 heteroatoms. The second-order valence-electron chi connectivity index (χ2n) is 6.13. The van der Waals surface area contributed by atoms with Gasteiger partial charge in [0.05, 0.1) is 4.92 Å². The SMILES string of the molecule is Cc1ccc(C(=O)OCC(=O)N2CCN(c3ccc([N+](=O)[O-])cc3)CC2)o1. The summed E-state index contributed by atoms with van der Waals surface area (Å²) < 4.78 is 10.2. The van der Waals surface area contributed by atoms with Gasteiger partial charge in [-0.3, -0.25) is 14.9 Å². The van der Waals surface area contributed by atoms with Gasteiger partial charge in [-0.15, -0.1) is 0 Å². The van der Waals surface area contributed by atoms with Crippen molar-refractivity contribution in [2.75, 3.05) is 37.7 Å². The molecule has 1 aliphatic heterocycles. The Morgan fingerprint density at radius 1 is 1.11 bits per heavy atom. The lowest BCUT2D eigenvalue weighted by molar-refractivity contribution is -0.384. The van der Waals surface area contributed by atoms with Crippen molar-refractivity contribution in [1.82, 2.24) is 4.90 Å². The second-order valence-corrected chi connectivity index (χ2v) is 6.13. The van der Waals surface area contributed by atoms with Crippen LogP contribution >= 0.6 is 0 Å². The van der Waals surface area contributed by atoms with E-state index >= 15 is 0 Å². The summed E-state index contributed by atoms with van der Waals surface area (Å²) in [6.07, 6.45) is 0. The van der Waals surface area contributed by atoms with Crippen LogP contribution in [0.3, 0.4) is 0 Å². The number of non-ortho nitro benzene ring substituents is 1. The van der Waals surface area contributed by atoms with Crippen LogP contribution in [0, 0.1) is 17.0 Å². The van der Waals surface area contributed by atoms with Gasteiger partial charge in [-0.2, -0.15) is 0 Å². The Balaban J connectivity index is 1.47. The van der Waals surface area contributed by atoms with Crippen molar-refractivity contribution in [3.63, 3.8) is 0 Å². The van der Waals surface area contributed by atoms with Crippen LogP contribution in [0.25, 0.3) is 0 Å². The topological polar surface area (TPSA) is 106 Å². The number of carbonyl (C=O) groups excluding carboxylic acids is 2. The third-order valence-electron chi connectivity index (χ3n) is 4.33. The molecule has 0 N–H and O–H groups in total.